The van der Waals surface area contributed by atoms with Gasteiger partial charge >= 0.3 is 5.97 Å². The maximum Gasteiger partial charge on any atom is 0.303 e. The summed E-state index contributed by atoms with van der Waals surface area (Å²) in [7, 11) is 0. The average Bonchev–Trinajstić information content (AvgIpc) is 2.53. The summed E-state index contributed by atoms with van der Waals surface area (Å²) in [5.41, 5.74) is 0.979. The highest BCUT2D eigenvalue weighted by atomic mass is 35.5. The van der Waals surface area contributed by atoms with Gasteiger partial charge < -0.3 is 14.6 Å². The highest BCUT2D eigenvalue weighted by Gasteiger charge is 2.10. The largest absolute Gasteiger partial charge is 0.490 e. The van der Waals surface area contributed by atoms with Gasteiger partial charge in [-0.05, 0) is 35.7 Å². The van der Waals surface area contributed by atoms with Crippen LogP contribution in [-0.2, 0) is 4.79 Å². The van der Waals surface area contributed by atoms with E-state index in [1.165, 1.54) is 0 Å². The summed E-state index contributed by atoms with van der Waals surface area (Å²) in [5, 5.41) is 9.38. The lowest BCUT2D eigenvalue weighted by molar-refractivity contribution is -0.137. The van der Waals surface area contributed by atoms with Crippen LogP contribution in [0.1, 0.15) is 24.8 Å². The van der Waals surface area contributed by atoms with Crippen molar-refractivity contribution >= 4 is 17.6 Å². The third-order valence-corrected chi connectivity index (χ3v) is 3.69. The molecule has 0 aliphatic heterocycles. The van der Waals surface area contributed by atoms with Gasteiger partial charge in [0.05, 0.1) is 11.4 Å². The van der Waals surface area contributed by atoms with Crippen LogP contribution in [0, 0.1) is 0 Å². The zero-order chi connectivity index (χ0) is 16.7. The summed E-state index contributed by atoms with van der Waals surface area (Å²) in [5.74, 6) is 0.536. The molecule has 0 saturated heterocycles. The minimum Gasteiger partial charge on any atom is -0.490 e. The van der Waals surface area contributed by atoms with Crippen molar-refractivity contribution < 1.29 is 19.4 Å². The van der Waals surface area contributed by atoms with Gasteiger partial charge in [-0.1, -0.05) is 42.8 Å². The van der Waals surface area contributed by atoms with Crippen molar-refractivity contribution in [2.45, 2.75) is 19.3 Å². The van der Waals surface area contributed by atoms with Gasteiger partial charge in [0.2, 0.25) is 0 Å². The maximum atomic E-state index is 10.7. The van der Waals surface area contributed by atoms with Crippen LogP contribution < -0.4 is 9.47 Å². The van der Waals surface area contributed by atoms with Crippen LogP contribution in [0.5, 0.6) is 11.5 Å². The second-order valence-corrected chi connectivity index (χ2v) is 5.60. The summed E-state index contributed by atoms with van der Waals surface area (Å²) >= 11 is 6.00. The van der Waals surface area contributed by atoms with Crippen molar-refractivity contribution in [3.63, 3.8) is 0 Å². The first kappa shape index (κ1) is 17.2. The Kier molecular flexibility index (Phi) is 6.29. The zero-order valence-electron chi connectivity index (χ0n) is 12.9. The molecule has 1 atom stereocenters. The van der Waals surface area contributed by atoms with Crippen LogP contribution >= 0.6 is 11.6 Å². The van der Waals surface area contributed by atoms with Crippen molar-refractivity contribution in [3.05, 3.63) is 59.1 Å². The first-order valence-corrected chi connectivity index (χ1v) is 7.76. The Hall–Kier alpha value is -2.20. The third kappa shape index (κ3) is 5.49. The van der Waals surface area contributed by atoms with Crippen LogP contribution in [0.3, 0.4) is 0 Å². The van der Waals surface area contributed by atoms with E-state index in [4.69, 9.17) is 26.2 Å². The van der Waals surface area contributed by atoms with E-state index < -0.39 is 5.97 Å². The smallest absolute Gasteiger partial charge is 0.303 e. The van der Waals surface area contributed by atoms with E-state index >= 15 is 0 Å². The molecular formula is C18H19ClO4. The first-order chi connectivity index (χ1) is 11.1. The Balaban J connectivity index is 1.78. The van der Waals surface area contributed by atoms with Gasteiger partial charge in [0, 0.05) is 0 Å². The Morgan fingerprint density at radius 1 is 1.09 bits per heavy atom. The molecule has 0 fully saturated rings. The fraction of sp³-hybridized carbons (Fsp3) is 0.278. The number of benzene rings is 2. The fourth-order valence-electron chi connectivity index (χ4n) is 2.15. The van der Waals surface area contributed by atoms with Crippen LogP contribution in [0.25, 0.3) is 0 Å². The van der Waals surface area contributed by atoms with Gasteiger partial charge in [0.25, 0.3) is 0 Å². The topological polar surface area (TPSA) is 55.8 Å². The summed E-state index contributed by atoms with van der Waals surface area (Å²) in [6.07, 6.45) is 0.117. The van der Waals surface area contributed by atoms with Crippen LogP contribution in [0.15, 0.2) is 48.5 Å². The summed E-state index contributed by atoms with van der Waals surface area (Å²) in [6.45, 7) is 2.68. The minimum atomic E-state index is -0.797. The molecule has 0 amide bonds. The van der Waals surface area contributed by atoms with Gasteiger partial charge in [-0.25, -0.2) is 0 Å². The first-order valence-electron chi connectivity index (χ1n) is 7.38. The van der Waals surface area contributed by atoms with E-state index in [1.54, 1.807) is 12.1 Å². The van der Waals surface area contributed by atoms with Crippen molar-refractivity contribution in [3.8, 4) is 11.5 Å². The second kappa shape index (κ2) is 8.44. The van der Waals surface area contributed by atoms with E-state index in [0.717, 1.165) is 11.3 Å². The predicted molar refractivity (Wildman–Crippen MR) is 89.6 cm³/mol. The lowest BCUT2D eigenvalue weighted by Gasteiger charge is -2.12. The molecule has 0 aromatic heterocycles. The molecule has 0 saturated carbocycles. The lowest BCUT2D eigenvalue weighted by Crippen LogP contribution is -2.09. The molecule has 0 heterocycles. The summed E-state index contributed by atoms with van der Waals surface area (Å²) in [6, 6.07) is 14.7. The Bertz CT molecular complexity index is 640. The number of carboxylic acids is 1. The normalized spacial score (nSPS) is 11.7. The van der Waals surface area contributed by atoms with Crippen molar-refractivity contribution in [1.82, 2.24) is 0 Å². The molecular weight excluding hydrogens is 316 g/mol. The Morgan fingerprint density at radius 2 is 1.74 bits per heavy atom. The molecule has 1 N–H and O–H groups in total. The molecule has 0 radical (unpaired) electrons. The monoisotopic (exact) mass is 334 g/mol. The third-order valence-electron chi connectivity index (χ3n) is 3.38. The molecule has 0 spiro atoms. The molecule has 4 nitrogen and oxygen atoms in total. The Labute approximate surface area is 140 Å². The predicted octanol–water partition coefficient (Wildman–Crippen LogP) is 4.38. The Morgan fingerprint density at radius 3 is 2.39 bits per heavy atom. The van der Waals surface area contributed by atoms with E-state index in [2.05, 4.69) is 0 Å². The number of carboxylic acid groups (broad SMARTS) is 1. The zero-order valence-corrected chi connectivity index (χ0v) is 13.6. The van der Waals surface area contributed by atoms with Gasteiger partial charge in [0.1, 0.15) is 24.7 Å². The molecule has 0 bridgehead atoms. The number of halogens is 1. The van der Waals surface area contributed by atoms with Crippen molar-refractivity contribution in [2.24, 2.45) is 0 Å². The maximum absolute atomic E-state index is 10.7. The van der Waals surface area contributed by atoms with E-state index in [1.807, 2.05) is 43.3 Å². The van der Waals surface area contributed by atoms with Crippen LogP contribution in [0.2, 0.25) is 5.02 Å². The van der Waals surface area contributed by atoms with E-state index in [9.17, 15) is 4.79 Å². The molecule has 0 aliphatic carbocycles. The van der Waals surface area contributed by atoms with E-state index in [-0.39, 0.29) is 12.3 Å². The molecule has 1 unspecified atom stereocenters. The quantitative estimate of drug-likeness (QED) is 0.728. The molecule has 2 aromatic carbocycles. The average molecular weight is 335 g/mol. The number of hydrogen-bond donors (Lipinski definition) is 1. The molecule has 122 valence electrons. The highest BCUT2D eigenvalue weighted by molar-refractivity contribution is 6.32. The van der Waals surface area contributed by atoms with Gasteiger partial charge in [-0.3, -0.25) is 4.79 Å². The number of para-hydroxylation sites is 1. The van der Waals surface area contributed by atoms with Gasteiger partial charge in [-0.15, -0.1) is 0 Å². The lowest BCUT2D eigenvalue weighted by atomic mass is 9.98. The summed E-state index contributed by atoms with van der Waals surface area (Å²) < 4.78 is 11.1. The molecule has 5 heteroatoms. The van der Waals surface area contributed by atoms with Crippen LogP contribution in [0.4, 0.5) is 0 Å². The molecule has 2 rings (SSSR count). The van der Waals surface area contributed by atoms with Crippen molar-refractivity contribution in [1.29, 1.82) is 0 Å². The second-order valence-electron chi connectivity index (χ2n) is 5.20. The number of hydrogen-bond acceptors (Lipinski definition) is 3. The number of rotatable bonds is 8. The molecule has 0 aliphatic rings. The number of carbonyl (C=O) groups is 1. The van der Waals surface area contributed by atoms with Gasteiger partial charge in [-0.2, -0.15) is 0 Å². The summed E-state index contributed by atoms with van der Waals surface area (Å²) in [4.78, 5) is 10.7. The molecule has 2 aromatic rings. The van der Waals surface area contributed by atoms with Crippen LogP contribution in [-0.4, -0.2) is 24.3 Å². The van der Waals surface area contributed by atoms with E-state index in [0.29, 0.717) is 24.0 Å². The molecule has 23 heavy (non-hydrogen) atoms. The standard InChI is InChI=1S/C18H19ClO4/c1-13(12-18(20)21)14-6-8-15(9-7-14)22-10-11-23-17-5-3-2-4-16(17)19/h2-9,13H,10-12H2,1H3,(H,20,21). The van der Waals surface area contributed by atoms with Gasteiger partial charge in [0.15, 0.2) is 0 Å². The minimum absolute atomic E-state index is 0.0231. The number of aliphatic carboxylic acids is 1. The highest BCUT2D eigenvalue weighted by Crippen LogP contribution is 2.23. The SMILES string of the molecule is CC(CC(=O)O)c1ccc(OCCOc2ccccc2Cl)cc1. The van der Waals surface area contributed by atoms with Crippen molar-refractivity contribution in [2.75, 3.05) is 13.2 Å². The fourth-order valence-corrected chi connectivity index (χ4v) is 2.34. The number of ether oxygens (including phenoxy) is 2.